The van der Waals surface area contributed by atoms with Gasteiger partial charge in [-0.1, -0.05) is 122 Å². The molecule has 5 aromatic rings. The summed E-state index contributed by atoms with van der Waals surface area (Å²) in [5.41, 5.74) is 17.5. The van der Waals surface area contributed by atoms with E-state index in [4.69, 9.17) is 0 Å². The highest BCUT2D eigenvalue weighted by Crippen LogP contribution is 2.61. The van der Waals surface area contributed by atoms with E-state index in [9.17, 15) is 0 Å². The molecule has 2 unspecified atom stereocenters. The van der Waals surface area contributed by atoms with Crippen LogP contribution in [0.4, 0.5) is 11.4 Å². The third-order valence-corrected chi connectivity index (χ3v) is 12.4. The Hall–Kier alpha value is -3.72. The molecule has 4 aromatic carbocycles. The molecule has 1 aliphatic carbocycles. The molecule has 0 spiro atoms. The average Bonchev–Trinajstić information content (AvgIpc) is 3.46. The van der Waals surface area contributed by atoms with Crippen LogP contribution in [-0.2, 0) is 16.2 Å². The summed E-state index contributed by atoms with van der Waals surface area (Å²) in [6, 6.07) is 30.8. The second-order valence-electron chi connectivity index (χ2n) is 16.9. The lowest BCUT2D eigenvalue weighted by atomic mass is 9.33. The second-order valence-corrected chi connectivity index (χ2v) is 16.9. The van der Waals surface area contributed by atoms with Crippen LogP contribution < -0.4 is 21.3 Å². The van der Waals surface area contributed by atoms with E-state index >= 15 is 0 Å². The maximum absolute atomic E-state index is 2.83. The summed E-state index contributed by atoms with van der Waals surface area (Å²) >= 11 is 0. The van der Waals surface area contributed by atoms with Crippen molar-refractivity contribution in [3.63, 3.8) is 0 Å². The molecule has 0 bridgehead atoms. The molecule has 2 nitrogen and oxygen atoms in total. The van der Waals surface area contributed by atoms with Gasteiger partial charge >= 0.3 is 0 Å². The van der Waals surface area contributed by atoms with E-state index in [2.05, 4.69) is 144 Å². The Morgan fingerprint density at radius 2 is 1.42 bits per heavy atom. The first-order valence-corrected chi connectivity index (χ1v) is 17.2. The fourth-order valence-electron chi connectivity index (χ4n) is 10.1. The molecule has 1 aromatic heterocycles. The molecular formula is C42H45BN2. The highest BCUT2D eigenvalue weighted by molar-refractivity contribution is 7.00. The Balaban J connectivity index is 1.49. The van der Waals surface area contributed by atoms with Crippen molar-refractivity contribution in [2.75, 3.05) is 4.90 Å². The normalized spacial score (nSPS) is 22.8. The lowest BCUT2D eigenvalue weighted by molar-refractivity contribution is 0.195. The van der Waals surface area contributed by atoms with E-state index in [1.54, 1.807) is 5.56 Å². The zero-order valence-electron chi connectivity index (χ0n) is 28.3. The minimum atomic E-state index is -0.0415. The fourth-order valence-corrected chi connectivity index (χ4v) is 10.1. The Kier molecular flexibility index (Phi) is 5.24. The molecule has 0 saturated heterocycles. The second kappa shape index (κ2) is 8.55. The van der Waals surface area contributed by atoms with Crippen molar-refractivity contribution in [1.29, 1.82) is 0 Å². The molecule has 45 heavy (non-hydrogen) atoms. The number of anilines is 2. The van der Waals surface area contributed by atoms with Gasteiger partial charge in [0, 0.05) is 33.4 Å². The van der Waals surface area contributed by atoms with Crippen LogP contribution in [0.3, 0.4) is 0 Å². The maximum Gasteiger partial charge on any atom is 0.252 e. The molecule has 4 heterocycles. The maximum atomic E-state index is 2.83. The number of nitrogens with zero attached hydrogens (tertiary/aromatic N) is 2. The zero-order chi connectivity index (χ0) is 31.3. The van der Waals surface area contributed by atoms with Gasteiger partial charge in [-0.05, 0) is 87.4 Å². The molecule has 226 valence electrons. The Bertz CT molecular complexity index is 2070. The van der Waals surface area contributed by atoms with Crippen molar-refractivity contribution >= 4 is 45.4 Å². The number of fused-ring (bicyclic) bond motifs is 7. The van der Waals surface area contributed by atoms with Gasteiger partial charge in [-0.3, -0.25) is 0 Å². The minimum Gasteiger partial charge on any atom is -0.335 e. The van der Waals surface area contributed by atoms with Gasteiger partial charge < -0.3 is 9.47 Å². The summed E-state index contributed by atoms with van der Waals surface area (Å²) in [7, 11) is 0. The van der Waals surface area contributed by atoms with E-state index in [0.29, 0.717) is 0 Å². The number of rotatable bonds is 1. The van der Waals surface area contributed by atoms with Gasteiger partial charge in [0.05, 0.1) is 11.2 Å². The first-order valence-electron chi connectivity index (χ1n) is 17.2. The summed E-state index contributed by atoms with van der Waals surface area (Å²) in [5.74, 6) is 0. The molecule has 0 radical (unpaired) electrons. The molecule has 2 atom stereocenters. The molecule has 4 aliphatic rings. The van der Waals surface area contributed by atoms with Crippen LogP contribution in [0.1, 0.15) is 97.8 Å². The van der Waals surface area contributed by atoms with Crippen LogP contribution in [0.25, 0.3) is 27.8 Å². The standard InChI is InChI=1S/C42H45BN2/c1-39(2,3)27-24-28-34(40(4,5)6)36(26-16-10-9-11-17-26)44-32-20-15-21-33-35(32)43(31(25-27)37(28)44)30-19-14-18-29-38(30)45(33)42(8)23-13-12-22-41(29,42)7/h9-11,14-21,24-25H,12-13,22-23H2,1-8H3. The van der Waals surface area contributed by atoms with Crippen molar-refractivity contribution in [3.8, 4) is 16.9 Å². The summed E-state index contributed by atoms with van der Waals surface area (Å²) in [4.78, 5) is 2.83. The van der Waals surface area contributed by atoms with Gasteiger partial charge in [-0.25, -0.2) is 0 Å². The van der Waals surface area contributed by atoms with Gasteiger partial charge in [0.1, 0.15) is 0 Å². The van der Waals surface area contributed by atoms with Crippen LogP contribution in [0, 0.1) is 0 Å². The Morgan fingerprint density at radius 3 is 2.16 bits per heavy atom. The molecule has 3 heteroatoms. The van der Waals surface area contributed by atoms with E-state index < -0.39 is 0 Å². The first kappa shape index (κ1) is 27.6. The quantitative estimate of drug-likeness (QED) is 0.174. The monoisotopic (exact) mass is 588 g/mol. The van der Waals surface area contributed by atoms with Gasteiger partial charge in [0.25, 0.3) is 6.71 Å². The van der Waals surface area contributed by atoms with Crippen LogP contribution in [0.15, 0.2) is 78.9 Å². The van der Waals surface area contributed by atoms with Gasteiger partial charge in [-0.15, -0.1) is 0 Å². The van der Waals surface area contributed by atoms with Crippen molar-refractivity contribution in [2.45, 2.75) is 103 Å². The summed E-state index contributed by atoms with van der Waals surface area (Å²) in [6.07, 6.45) is 5.10. The SMILES string of the molecule is CC(C)(C)c1cc2c3c(c1)c(C(C)(C)C)c(-c1ccccc1)n3-c1cccc3c1B2c1cccc2c1N3C1(C)CCCCC21C. The molecular weight excluding hydrogens is 543 g/mol. The smallest absolute Gasteiger partial charge is 0.252 e. The van der Waals surface area contributed by atoms with E-state index in [0.717, 1.165) is 0 Å². The highest BCUT2D eigenvalue weighted by Gasteiger charge is 2.61. The fraction of sp³-hybridized carbons (Fsp3) is 0.381. The van der Waals surface area contributed by atoms with Gasteiger partial charge in [0.15, 0.2) is 0 Å². The minimum absolute atomic E-state index is 0.0316. The number of hydrogen-bond donors (Lipinski definition) is 0. The molecule has 1 saturated carbocycles. The van der Waals surface area contributed by atoms with E-state index in [1.807, 2.05) is 0 Å². The number of benzene rings is 4. The Labute approximate surface area is 269 Å². The predicted molar refractivity (Wildman–Crippen MR) is 194 cm³/mol. The largest absolute Gasteiger partial charge is 0.335 e. The average molecular weight is 589 g/mol. The molecule has 9 rings (SSSR count). The topological polar surface area (TPSA) is 8.17 Å². The van der Waals surface area contributed by atoms with E-state index in [1.165, 1.54) is 92.4 Å². The van der Waals surface area contributed by atoms with Crippen molar-refractivity contribution in [3.05, 3.63) is 95.6 Å². The summed E-state index contributed by atoms with van der Waals surface area (Å²) in [6.45, 7) is 19.7. The zero-order valence-corrected chi connectivity index (χ0v) is 28.3. The van der Waals surface area contributed by atoms with E-state index in [-0.39, 0.29) is 28.5 Å². The third-order valence-electron chi connectivity index (χ3n) is 12.4. The molecule has 0 amide bonds. The van der Waals surface area contributed by atoms with Gasteiger partial charge in [-0.2, -0.15) is 0 Å². The molecule has 1 fully saturated rings. The van der Waals surface area contributed by atoms with Crippen LogP contribution in [0.5, 0.6) is 0 Å². The number of para-hydroxylation sites is 1. The summed E-state index contributed by atoms with van der Waals surface area (Å²) < 4.78 is 2.68. The van der Waals surface area contributed by atoms with Crippen LogP contribution in [-0.4, -0.2) is 16.8 Å². The number of hydrogen-bond acceptors (Lipinski definition) is 1. The number of aromatic nitrogens is 1. The first-order chi connectivity index (χ1) is 21.4. The van der Waals surface area contributed by atoms with Crippen LogP contribution in [0.2, 0.25) is 0 Å². The lowest BCUT2D eigenvalue weighted by Gasteiger charge is -2.52. The third kappa shape index (κ3) is 3.27. The van der Waals surface area contributed by atoms with Crippen molar-refractivity contribution in [1.82, 2.24) is 4.57 Å². The van der Waals surface area contributed by atoms with Crippen molar-refractivity contribution < 1.29 is 0 Å². The molecule has 0 N–H and O–H groups in total. The highest BCUT2D eigenvalue weighted by atomic mass is 15.3. The van der Waals surface area contributed by atoms with Gasteiger partial charge in [0.2, 0.25) is 0 Å². The van der Waals surface area contributed by atoms with Crippen LogP contribution >= 0.6 is 0 Å². The predicted octanol–water partition coefficient (Wildman–Crippen LogP) is 8.78. The lowest BCUT2D eigenvalue weighted by Crippen LogP contribution is -2.64. The Morgan fingerprint density at radius 1 is 0.711 bits per heavy atom. The molecule has 3 aliphatic heterocycles. The van der Waals surface area contributed by atoms with Crippen molar-refractivity contribution in [2.24, 2.45) is 0 Å². The summed E-state index contributed by atoms with van der Waals surface area (Å²) in [5, 5.41) is 1.42.